The van der Waals surface area contributed by atoms with Crippen LogP contribution in [0.3, 0.4) is 0 Å². The lowest BCUT2D eigenvalue weighted by Gasteiger charge is -2.14. The molecule has 6 heteroatoms. The first-order chi connectivity index (χ1) is 15.5. The van der Waals surface area contributed by atoms with Crippen molar-refractivity contribution in [1.82, 2.24) is 0 Å². The summed E-state index contributed by atoms with van der Waals surface area (Å²) in [6.45, 7) is 10.7. The van der Waals surface area contributed by atoms with Crippen LogP contribution in [-0.4, -0.2) is 39.2 Å². The fourth-order valence-corrected chi connectivity index (χ4v) is 3.04. The van der Waals surface area contributed by atoms with Crippen molar-refractivity contribution in [3.63, 3.8) is 0 Å². The third-order valence-corrected chi connectivity index (χ3v) is 4.58. The number of ether oxygens (including phenoxy) is 4. The van der Waals surface area contributed by atoms with Crippen molar-refractivity contribution in [1.29, 1.82) is 0 Å². The van der Waals surface area contributed by atoms with Gasteiger partial charge >= 0.3 is 0 Å². The van der Waals surface area contributed by atoms with E-state index in [9.17, 15) is 0 Å². The number of hydrogen-bond acceptors (Lipinski definition) is 6. The Morgan fingerprint density at radius 2 is 1.66 bits per heavy atom. The molecule has 0 atom stereocenters. The van der Waals surface area contributed by atoms with Crippen molar-refractivity contribution < 1.29 is 23.8 Å². The first kappa shape index (κ1) is 25.3. The van der Waals surface area contributed by atoms with Gasteiger partial charge in [-0.25, -0.2) is 0 Å². The molecule has 0 aliphatic heterocycles. The van der Waals surface area contributed by atoms with E-state index in [0.29, 0.717) is 33.0 Å². The number of rotatable bonds is 14. The zero-order chi connectivity index (χ0) is 23.2. The molecule has 0 saturated carbocycles. The minimum Gasteiger partial charge on any atom is -0.493 e. The summed E-state index contributed by atoms with van der Waals surface area (Å²) >= 11 is 0. The highest BCUT2D eigenvalue weighted by atomic mass is 16.6. The molecular weight excluding hydrogens is 406 g/mol. The molecule has 2 aromatic carbocycles. The Labute approximate surface area is 191 Å². The molecule has 0 saturated heterocycles. The second-order valence-corrected chi connectivity index (χ2v) is 7.46. The molecule has 174 valence electrons. The lowest BCUT2D eigenvalue weighted by Crippen LogP contribution is -2.08. The second kappa shape index (κ2) is 14.1. The van der Waals surface area contributed by atoms with Gasteiger partial charge in [0.1, 0.15) is 37.6 Å². The summed E-state index contributed by atoms with van der Waals surface area (Å²) in [5, 5.41) is 3.82. The van der Waals surface area contributed by atoms with Gasteiger partial charge in [0.15, 0.2) is 0 Å². The molecule has 0 bridgehead atoms. The van der Waals surface area contributed by atoms with Gasteiger partial charge in [-0.1, -0.05) is 29.4 Å². The Balaban J connectivity index is 1.67. The van der Waals surface area contributed by atoms with Gasteiger partial charge in [-0.2, -0.15) is 0 Å². The van der Waals surface area contributed by atoms with Gasteiger partial charge in [0.05, 0.1) is 25.5 Å². The molecule has 0 N–H and O–H groups in total. The molecule has 32 heavy (non-hydrogen) atoms. The van der Waals surface area contributed by atoms with E-state index in [0.717, 1.165) is 46.1 Å². The highest BCUT2D eigenvalue weighted by Gasteiger charge is 2.07. The maximum Gasteiger partial charge on any atom is 0.129 e. The zero-order valence-corrected chi connectivity index (χ0v) is 19.8. The Bertz CT molecular complexity index is 851. The quantitative estimate of drug-likeness (QED) is 0.164. The fourth-order valence-electron chi connectivity index (χ4n) is 3.04. The van der Waals surface area contributed by atoms with Gasteiger partial charge in [-0.15, -0.1) is 0 Å². The zero-order valence-electron chi connectivity index (χ0n) is 19.8. The van der Waals surface area contributed by atoms with Gasteiger partial charge in [0.2, 0.25) is 0 Å². The van der Waals surface area contributed by atoms with Crippen LogP contribution in [0.5, 0.6) is 17.2 Å². The summed E-state index contributed by atoms with van der Waals surface area (Å²) in [6, 6.07) is 11.9. The standard InChI is InChI=1S/C26H35NO5/c1-6-7-14-30-25-16-20(2)26(21(3)17-25)31-15-8-13-29-19-23-9-11-24(12-10-23)32-18-22(4)27-28-5/h6-7,9-12,16-17H,8,13-15,18-19H2,1-5H3/b7-6+,27-22?. The van der Waals surface area contributed by atoms with Crippen LogP contribution in [0.1, 0.15) is 37.0 Å². The van der Waals surface area contributed by atoms with Crippen LogP contribution < -0.4 is 14.2 Å². The Hall–Kier alpha value is -2.99. The van der Waals surface area contributed by atoms with E-state index < -0.39 is 0 Å². The molecule has 0 fully saturated rings. The molecule has 0 aromatic heterocycles. The van der Waals surface area contributed by atoms with Crippen LogP contribution in [0.25, 0.3) is 0 Å². The first-order valence-electron chi connectivity index (χ1n) is 10.9. The Morgan fingerprint density at radius 3 is 2.31 bits per heavy atom. The molecule has 0 aliphatic rings. The smallest absolute Gasteiger partial charge is 0.129 e. The molecular formula is C26H35NO5. The Kier molecular flexibility index (Phi) is 11.2. The lowest BCUT2D eigenvalue weighted by molar-refractivity contribution is 0.107. The molecule has 0 aliphatic carbocycles. The minimum atomic E-state index is 0.397. The number of allylic oxidation sites excluding steroid dienone is 1. The van der Waals surface area contributed by atoms with Crippen molar-refractivity contribution in [2.45, 2.75) is 40.7 Å². The van der Waals surface area contributed by atoms with E-state index >= 15 is 0 Å². The van der Waals surface area contributed by atoms with E-state index in [-0.39, 0.29) is 0 Å². The average Bonchev–Trinajstić information content (AvgIpc) is 2.77. The molecule has 0 radical (unpaired) electrons. The van der Waals surface area contributed by atoms with Crippen LogP contribution in [0, 0.1) is 13.8 Å². The molecule has 0 spiro atoms. The van der Waals surface area contributed by atoms with Gasteiger partial charge < -0.3 is 23.8 Å². The van der Waals surface area contributed by atoms with Crippen LogP contribution in [-0.2, 0) is 16.2 Å². The van der Waals surface area contributed by atoms with Gasteiger partial charge in [0, 0.05) is 6.42 Å². The van der Waals surface area contributed by atoms with E-state index in [4.69, 9.17) is 23.8 Å². The summed E-state index contributed by atoms with van der Waals surface area (Å²) in [5.41, 5.74) is 4.03. The number of benzene rings is 2. The van der Waals surface area contributed by atoms with E-state index in [1.165, 1.54) is 7.11 Å². The van der Waals surface area contributed by atoms with Crippen molar-refractivity contribution >= 4 is 5.71 Å². The number of hydrogen-bond donors (Lipinski definition) is 0. The predicted molar refractivity (Wildman–Crippen MR) is 128 cm³/mol. The Morgan fingerprint density at radius 1 is 0.938 bits per heavy atom. The van der Waals surface area contributed by atoms with E-state index in [1.54, 1.807) is 0 Å². The highest BCUT2D eigenvalue weighted by molar-refractivity contribution is 5.82. The topological polar surface area (TPSA) is 58.5 Å². The third kappa shape index (κ3) is 9.02. The number of nitrogens with zero attached hydrogens (tertiary/aromatic N) is 1. The van der Waals surface area contributed by atoms with E-state index in [2.05, 4.69) is 5.16 Å². The number of oxime groups is 1. The minimum absolute atomic E-state index is 0.397. The largest absolute Gasteiger partial charge is 0.493 e. The van der Waals surface area contributed by atoms with E-state index in [1.807, 2.05) is 76.2 Å². The molecule has 0 amide bonds. The van der Waals surface area contributed by atoms with Crippen molar-refractivity contribution in [2.75, 3.05) is 33.5 Å². The number of aryl methyl sites for hydroxylation is 2. The normalized spacial score (nSPS) is 11.6. The summed E-state index contributed by atoms with van der Waals surface area (Å²) in [4.78, 5) is 4.72. The average molecular weight is 442 g/mol. The van der Waals surface area contributed by atoms with Gasteiger partial charge in [0.25, 0.3) is 0 Å². The second-order valence-electron chi connectivity index (χ2n) is 7.46. The third-order valence-electron chi connectivity index (χ3n) is 4.58. The van der Waals surface area contributed by atoms with Crippen molar-refractivity contribution in [3.05, 3.63) is 65.2 Å². The highest BCUT2D eigenvalue weighted by Crippen LogP contribution is 2.28. The SMILES string of the molecule is C/C=C/COc1cc(C)c(OCCCOCc2ccc(OCC(C)=NOC)cc2)c(C)c1. The summed E-state index contributed by atoms with van der Waals surface area (Å²) in [6.07, 6.45) is 4.78. The van der Waals surface area contributed by atoms with Gasteiger partial charge in [-0.05, 0) is 68.7 Å². The van der Waals surface area contributed by atoms with Crippen molar-refractivity contribution in [3.8, 4) is 17.2 Å². The first-order valence-corrected chi connectivity index (χ1v) is 10.9. The fraction of sp³-hybridized carbons (Fsp3) is 0.423. The van der Waals surface area contributed by atoms with Crippen LogP contribution in [0.2, 0.25) is 0 Å². The molecule has 6 nitrogen and oxygen atoms in total. The van der Waals surface area contributed by atoms with Crippen LogP contribution in [0.4, 0.5) is 0 Å². The molecule has 0 unspecified atom stereocenters. The summed E-state index contributed by atoms with van der Waals surface area (Å²) in [5.74, 6) is 2.57. The predicted octanol–water partition coefficient (Wildman–Crippen LogP) is 5.65. The molecule has 2 aromatic rings. The maximum atomic E-state index is 6.00. The van der Waals surface area contributed by atoms with Crippen LogP contribution >= 0.6 is 0 Å². The van der Waals surface area contributed by atoms with Crippen molar-refractivity contribution in [2.24, 2.45) is 5.16 Å². The molecule has 0 heterocycles. The van der Waals surface area contributed by atoms with Crippen LogP contribution in [0.15, 0.2) is 53.7 Å². The summed E-state index contributed by atoms with van der Waals surface area (Å²) in [7, 11) is 1.52. The monoisotopic (exact) mass is 441 g/mol. The lowest BCUT2D eigenvalue weighted by atomic mass is 10.1. The summed E-state index contributed by atoms with van der Waals surface area (Å²) < 4.78 is 23.1. The molecule has 2 rings (SSSR count). The maximum absolute atomic E-state index is 6.00. The van der Waals surface area contributed by atoms with Gasteiger partial charge in [-0.3, -0.25) is 0 Å².